The lowest BCUT2D eigenvalue weighted by Gasteiger charge is -2.33. The fourth-order valence-electron chi connectivity index (χ4n) is 2.16. The van der Waals surface area contributed by atoms with Crippen LogP contribution in [0.1, 0.15) is 30.6 Å². The first kappa shape index (κ1) is 14.2. The Bertz CT molecular complexity index is 438. The zero-order valence-electron chi connectivity index (χ0n) is 11.6. The van der Waals surface area contributed by atoms with Crippen molar-refractivity contribution in [2.45, 2.75) is 26.3 Å². The second-order valence-electron chi connectivity index (χ2n) is 4.77. The number of nitrogens with zero attached hydrogens (tertiary/aromatic N) is 2. The van der Waals surface area contributed by atoms with Gasteiger partial charge in [-0.2, -0.15) is 11.8 Å². The number of carbonyl (C=O) groups is 1. The third-order valence-electron chi connectivity index (χ3n) is 3.25. The maximum atomic E-state index is 12.6. The van der Waals surface area contributed by atoms with E-state index in [1.54, 1.807) is 12.4 Å². The van der Waals surface area contributed by atoms with Crippen LogP contribution in [0.25, 0.3) is 0 Å². The largest absolute Gasteiger partial charge is 0.384 e. The first-order valence-corrected chi connectivity index (χ1v) is 7.96. The fourth-order valence-corrected chi connectivity index (χ4v) is 3.18. The van der Waals surface area contributed by atoms with Gasteiger partial charge in [0.1, 0.15) is 0 Å². The minimum atomic E-state index is 0.0968. The Kier molecular flexibility index (Phi) is 5.07. The Hall–Kier alpha value is -1.23. The molecule has 5 heteroatoms. The maximum Gasteiger partial charge on any atom is 0.257 e. The monoisotopic (exact) mass is 279 g/mol. The number of aromatic nitrogens is 1. The van der Waals surface area contributed by atoms with Gasteiger partial charge in [0.2, 0.25) is 0 Å². The van der Waals surface area contributed by atoms with Crippen molar-refractivity contribution in [1.29, 1.82) is 0 Å². The van der Waals surface area contributed by atoms with E-state index in [2.05, 4.69) is 24.1 Å². The summed E-state index contributed by atoms with van der Waals surface area (Å²) in [6.45, 7) is 5.92. The van der Waals surface area contributed by atoms with Gasteiger partial charge in [-0.1, -0.05) is 6.92 Å². The molecule has 1 N–H and O–H groups in total. The average Bonchev–Trinajstić information content (AvgIpc) is 2.45. The average molecular weight is 279 g/mol. The summed E-state index contributed by atoms with van der Waals surface area (Å²) in [5.41, 5.74) is 1.59. The Labute approximate surface area is 119 Å². The minimum absolute atomic E-state index is 0.0968. The van der Waals surface area contributed by atoms with E-state index in [-0.39, 0.29) is 5.91 Å². The Morgan fingerprint density at radius 1 is 1.63 bits per heavy atom. The molecule has 1 amide bonds. The second-order valence-corrected chi connectivity index (χ2v) is 5.92. The summed E-state index contributed by atoms with van der Waals surface area (Å²) in [6, 6.07) is 2.18. The van der Waals surface area contributed by atoms with Crippen molar-refractivity contribution >= 4 is 23.4 Å². The van der Waals surface area contributed by atoms with Gasteiger partial charge in [-0.15, -0.1) is 0 Å². The highest BCUT2D eigenvalue weighted by molar-refractivity contribution is 7.99. The first-order valence-electron chi connectivity index (χ1n) is 6.80. The molecule has 0 aromatic carbocycles. The molecule has 1 fully saturated rings. The molecule has 1 aromatic heterocycles. The summed E-state index contributed by atoms with van der Waals surface area (Å²) in [5.74, 6) is 2.14. The molecule has 104 valence electrons. The molecule has 4 nitrogen and oxygen atoms in total. The van der Waals surface area contributed by atoms with Gasteiger partial charge in [0.25, 0.3) is 5.91 Å². The van der Waals surface area contributed by atoms with Crippen molar-refractivity contribution in [2.75, 3.05) is 29.9 Å². The topological polar surface area (TPSA) is 45.2 Å². The number of nitrogens with one attached hydrogen (secondary N) is 1. The van der Waals surface area contributed by atoms with Crippen LogP contribution in [0, 0.1) is 0 Å². The Morgan fingerprint density at radius 3 is 3.21 bits per heavy atom. The summed E-state index contributed by atoms with van der Waals surface area (Å²) in [7, 11) is 0. The second kappa shape index (κ2) is 6.80. The van der Waals surface area contributed by atoms with E-state index in [4.69, 9.17) is 0 Å². The van der Waals surface area contributed by atoms with Crippen LogP contribution in [-0.4, -0.2) is 46.4 Å². The standard InChI is InChI=1S/C14H21N3OS/c1-3-5-16-13-4-6-15-9-12(13)14(18)17-7-8-19-10-11(17)2/h4,6,9,11H,3,5,7-8,10H2,1-2H3,(H,15,16). The molecule has 2 heterocycles. The van der Waals surface area contributed by atoms with Gasteiger partial charge >= 0.3 is 0 Å². The normalized spacial score (nSPS) is 19.3. The van der Waals surface area contributed by atoms with Crippen molar-refractivity contribution in [3.63, 3.8) is 0 Å². The highest BCUT2D eigenvalue weighted by Crippen LogP contribution is 2.22. The molecule has 0 spiro atoms. The third kappa shape index (κ3) is 3.41. The van der Waals surface area contributed by atoms with E-state index in [0.717, 1.165) is 36.7 Å². The van der Waals surface area contributed by atoms with Crippen LogP contribution in [-0.2, 0) is 0 Å². The van der Waals surface area contributed by atoms with Crippen LogP contribution in [0.5, 0.6) is 0 Å². The smallest absolute Gasteiger partial charge is 0.257 e. The number of pyridine rings is 1. The SMILES string of the molecule is CCCNc1ccncc1C(=O)N1CCSCC1C. The molecule has 0 radical (unpaired) electrons. The number of thioether (sulfide) groups is 1. The quantitative estimate of drug-likeness (QED) is 0.919. The lowest BCUT2D eigenvalue weighted by Crippen LogP contribution is -2.44. The molecule has 1 unspecified atom stereocenters. The van der Waals surface area contributed by atoms with Crippen molar-refractivity contribution < 1.29 is 4.79 Å². The first-order chi connectivity index (χ1) is 9.24. The molecule has 0 aliphatic carbocycles. The van der Waals surface area contributed by atoms with Crippen molar-refractivity contribution in [2.24, 2.45) is 0 Å². The summed E-state index contributed by atoms with van der Waals surface area (Å²) >= 11 is 1.91. The molecule has 1 saturated heterocycles. The zero-order valence-corrected chi connectivity index (χ0v) is 12.4. The van der Waals surface area contributed by atoms with Gasteiger partial charge < -0.3 is 10.2 Å². The van der Waals surface area contributed by atoms with Gasteiger partial charge in [-0.3, -0.25) is 9.78 Å². The summed E-state index contributed by atoms with van der Waals surface area (Å²) in [5, 5.41) is 3.31. The zero-order chi connectivity index (χ0) is 13.7. The fraction of sp³-hybridized carbons (Fsp3) is 0.571. The van der Waals surface area contributed by atoms with Gasteiger partial charge in [-0.05, 0) is 19.4 Å². The van der Waals surface area contributed by atoms with Crippen LogP contribution in [0.3, 0.4) is 0 Å². The maximum absolute atomic E-state index is 12.6. The van der Waals surface area contributed by atoms with E-state index in [9.17, 15) is 4.79 Å². The van der Waals surface area contributed by atoms with Crippen LogP contribution in [0.15, 0.2) is 18.5 Å². The van der Waals surface area contributed by atoms with Gasteiger partial charge in [-0.25, -0.2) is 0 Å². The number of anilines is 1. The van der Waals surface area contributed by atoms with E-state index >= 15 is 0 Å². The number of amides is 1. The van der Waals surface area contributed by atoms with E-state index in [1.807, 2.05) is 22.7 Å². The predicted octanol–water partition coefficient (Wildman–Crippen LogP) is 2.48. The van der Waals surface area contributed by atoms with Crippen LogP contribution in [0.4, 0.5) is 5.69 Å². The molecule has 1 aliphatic rings. The molecular formula is C14H21N3OS. The lowest BCUT2D eigenvalue weighted by atomic mass is 10.1. The van der Waals surface area contributed by atoms with Gasteiger partial charge in [0.15, 0.2) is 0 Å². The molecule has 19 heavy (non-hydrogen) atoms. The highest BCUT2D eigenvalue weighted by Gasteiger charge is 2.26. The Balaban J connectivity index is 2.17. The molecule has 0 bridgehead atoms. The van der Waals surface area contributed by atoms with Crippen molar-refractivity contribution in [3.05, 3.63) is 24.0 Å². The number of rotatable bonds is 4. The van der Waals surface area contributed by atoms with Crippen LogP contribution >= 0.6 is 11.8 Å². The molecule has 2 rings (SSSR count). The molecular weight excluding hydrogens is 258 g/mol. The molecule has 1 aliphatic heterocycles. The lowest BCUT2D eigenvalue weighted by molar-refractivity contribution is 0.0716. The van der Waals surface area contributed by atoms with Gasteiger partial charge in [0.05, 0.1) is 11.3 Å². The number of hydrogen-bond acceptors (Lipinski definition) is 4. The van der Waals surface area contributed by atoms with Crippen LogP contribution < -0.4 is 5.32 Å². The molecule has 1 aromatic rings. The summed E-state index contributed by atoms with van der Waals surface area (Å²) in [4.78, 5) is 18.7. The van der Waals surface area contributed by atoms with Crippen LogP contribution in [0.2, 0.25) is 0 Å². The number of carbonyl (C=O) groups excluding carboxylic acids is 1. The molecule has 0 saturated carbocycles. The van der Waals surface area contributed by atoms with Gasteiger partial charge in [0, 0.05) is 43.0 Å². The van der Waals surface area contributed by atoms with E-state index in [0.29, 0.717) is 11.6 Å². The van der Waals surface area contributed by atoms with E-state index < -0.39 is 0 Å². The van der Waals surface area contributed by atoms with Crippen molar-refractivity contribution in [3.8, 4) is 0 Å². The highest BCUT2D eigenvalue weighted by atomic mass is 32.2. The van der Waals surface area contributed by atoms with E-state index in [1.165, 1.54) is 0 Å². The minimum Gasteiger partial charge on any atom is -0.384 e. The number of hydrogen-bond donors (Lipinski definition) is 1. The third-order valence-corrected chi connectivity index (χ3v) is 4.43. The summed E-state index contributed by atoms with van der Waals surface area (Å²) < 4.78 is 0. The Morgan fingerprint density at radius 2 is 2.47 bits per heavy atom. The summed E-state index contributed by atoms with van der Waals surface area (Å²) in [6.07, 6.45) is 4.44. The van der Waals surface area contributed by atoms with Crippen molar-refractivity contribution in [1.82, 2.24) is 9.88 Å². The predicted molar refractivity (Wildman–Crippen MR) is 80.8 cm³/mol. The molecule has 1 atom stereocenters.